The van der Waals surface area contributed by atoms with Crippen LogP contribution in [-0.2, 0) is 20.9 Å². The number of hydrogen-bond acceptors (Lipinski definition) is 6. The minimum absolute atomic E-state index is 0.00425. The van der Waals surface area contributed by atoms with E-state index < -0.39 is 27.7 Å². The van der Waals surface area contributed by atoms with Gasteiger partial charge in [-0.3, -0.25) is 0 Å². The number of halogens is 3. The van der Waals surface area contributed by atoms with Crippen molar-refractivity contribution in [1.82, 2.24) is 4.98 Å². The Balaban J connectivity index is 2.08. The summed E-state index contributed by atoms with van der Waals surface area (Å²) in [6, 6.07) is 7.14. The average Bonchev–Trinajstić information content (AvgIpc) is 3.09. The normalized spacial score (nSPS) is 12.2. The number of anilines is 1. The maximum atomic E-state index is 13.2. The molecule has 1 heterocycles. The molecule has 0 aliphatic rings. The second-order valence-electron chi connectivity index (χ2n) is 6.31. The lowest BCUT2D eigenvalue weighted by Gasteiger charge is -2.20. The van der Waals surface area contributed by atoms with Crippen molar-refractivity contribution in [2.75, 3.05) is 18.0 Å². The van der Waals surface area contributed by atoms with E-state index in [1.807, 2.05) is 0 Å². The zero-order chi connectivity index (χ0) is 22.3. The van der Waals surface area contributed by atoms with Crippen molar-refractivity contribution in [1.29, 1.82) is 0 Å². The first-order chi connectivity index (χ1) is 14.0. The number of methoxy groups -OCH3 is 1. The van der Waals surface area contributed by atoms with E-state index in [-0.39, 0.29) is 27.7 Å². The van der Waals surface area contributed by atoms with Crippen LogP contribution in [0.5, 0.6) is 0 Å². The molecule has 0 aliphatic carbocycles. The number of fused-ring (bicyclic) bond motifs is 1. The van der Waals surface area contributed by atoms with E-state index in [0.717, 1.165) is 27.8 Å². The van der Waals surface area contributed by atoms with Crippen LogP contribution in [0.3, 0.4) is 0 Å². The number of aromatic nitrogens is 1. The van der Waals surface area contributed by atoms with E-state index in [2.05, 4.69) is 9.72 Å². The van der Waals surface area contributed by atoms with Gasteiger partial charge in [0, 0.05) is 6.54 Å². The molecule has 0 spiro atoms. The lowest BCUT2D eigenvalue weighted by Crippen LogP contribution is -2.30. The molecule has 0 saturated heterocycles. The van der Waals surface area contributed by atoms with E-state index in [1.54, 1.807) is 13.8 Å². The quantitative estimate of drug-likeness (QED) is 0.521. The predicted octanol–water partition coefficient (Wildman–Crippen LogP) is 4.63. The highest BCUT2D eigenvalue weighted by Crippen LogP contribution is 2.36. The minimum atomic E-state index is -4.53. The fourth-order valence-corrected chi connectivity index (χ4v) is 5.50. The van der Waals surface area contributed by atoms with E-state index in [0.29, 0.717) is 10.3 Å². The Hall–Kier alpha value is -2.66. The summed E-state index contributed by atoms with van der Waals surface area (Å²) in [6.45, 7) is 3.22. The van der Waals surface area contributed by atoms with Gasteiger partial charge in [-0.2, -0.15) is 13.2 Å². The largest absolute Gasteiger partial charge is 0.465 e. The number of benzene rings is 2. The van der Waals surface area contributed by atoms with Crippen LogP contribution in [0.1, 0.15) is 28.4 Å². The monoisotopic (exact) mass is 458 g/mol. The Labute approximate surface area is 175 Å². The summed E-state index contributed by atoms with van der Waals surface area (Å²) in [4.78, 5) is 15.9. The molecule has 11 heteroatoms. The molecule has 3 aromatic rings. The van der Waals surface area contributed by atoms with Gasteiger partial charge in [0.25, 0.3) is 10.0 Å². The average molecular weight is 458 g/mol. The Morgan fingerprint density at radius 1 is 1.20 bits per heavy atom. The van der Waals surface area contributed by atoms with Crippen LogP contribution in [0.15, 0.2) is 41.3 Å². The van der Waals surface area contributed by atoms with Gasteiger partial charge in [-0.15, -0.1) is 0 Å². The lowest BCUT2D eigenvalue weighted by atomic mass is 10.1. The SMILES string of the molecule is CCN(c1nc2cc(C(F)(F)F)ccc2s1)S(=O)(=O)c1ccc(C)c(C(=O)OC)c1. The Kier molecular flexibility index (Phi) is 5.79. The molecule has 0 saturated carbocycles. The van der Waals surface area contributed by atoms with Gasteiger partial charge in [0.05, 0.1) is 33.3 Å². The van der Waals surface area contributed by atoms with Crippen LogP contribution in [0.25, 0.3) is 10.2 Å². The van der Waals surface area contributed by atoms with Gasteiger partial charge in [-0.1, -0.05) is 17.4 Å². The number of sulfonamides is 1. The first-order valence-electron chi connectivity index (χ1n) is 8.68. The topological polar surface area (TPSA) is 76.6 Å². The van der Waals surface area contributed by atoms with E-state index in [9.17, 15) is 26.4 Å². The van der Waals surface area contributed by atoms with Crippen molar-refractivity contribution in [3.05, 3.63) is 53.1 Å². The van der Waals surface area contributed by atoms with Crippen molar-refractivity contribution in [2.24, 2.45) is 0 Å². The van der Waals surface area contributed by atoms with Gasteiger partial charge in [-0.05, 0) is 49.7 Å². The number of carbonyl (C=O) groups excluding carboxylic acids is 1. The number of hydrogen-bond donors (Lipinski definition) is 0. The third-order valence-electron chi connectivity index (χ3n) is 4.41. The molecule has 160 valence electrons. The maximum absolute atomic E-state index is 13.2. The van der Waals surface area contributed by atoms with Gasteiger partial charge < -0.3 is 4.74 Å². The fraction of sp³-hybridized carbons (Fsp3) is 0.263. The number of rotatable bonds is 5. The molecule has 0 bridgehead atoms. The highest BCUT2D eigenvalue weighted by atomic mass is 32.2. The molecule has 2 aromatic carbocycles. The third kappa shape index (κ3) is 3.99. The summed E-state index contributed by atoms with van der Waals surface area (Å²) >= 11 is 0.966. The molecule has 0 atom stereocenters. The van der Waals surface area contributed by atoms with Crippen LogP contribution in [0.4, 0.5) is 18.3 Å². The van der Waals surface area contributed by atoms with Crippen molar-refractivity contribution < 1.29 is 31.1 Å². The molecule has 1 aromatic heterocycles. The van der Waals surface area contributed by atoms with Crippen LogP contribution >= 0.6 is 11.3 Å². The first kappa shape index (κ1) is 22.0. The van der Waals surface area contributed by atoms with Gasteiger partial charge in [-0.25, -0.2) is 22.5 Å². The molecular weight excluding hydrogens is 441 g/mol. The molecule has 0 aliphatic heterocycles. The van der Waals surface area contributed by atoms with Crippen molar-refractivity contribution in [3.8, 4) is 0 Å². The molecule has 30 heavy (non-hydrogen) atoms. The van der Waals surface area contributed by atoms with Crippen molar-refractivity contribution in [2.45, 2.75) is 24.9 Å². The number of alkyl halides is 3. The number of thiazole rings is 1. The number of nitrogens with zero attached hydrogens (tertiary/aromatic N) is 2. The summed E-state index contributed by atoms with van der Waals surface area (Å²) in [5, 5.41) is 0.0343. The second kappa shape index (κ2) is 7.88. The predicted molar refractivity (Wildman–Crippen MR) is 107 cm³/mol. The van der Waals surface area contributed by atoms with Gasteiger partial charge in [0.2, 0.25) is 5.13 Å². The lowest BCUT2D eigenvalue weighted by molar-refractivity contribution is -0.137. The fourth-order valence-electron chi connectivity index (χ4n) is 2.82. The van der Waals surface area contributed by atoms with Crippen LogP contribution < -0.4 is 4.31 Å². The Bertz CT molecular complexity index is 1220. The summed E-state index contributed by atoms with van der Waals surface area (Å²) in [5.41, 5.74) is -0.158. The maximum Gasteiger partial charge on any atom is 0.416 e. The van der Waals surface area contributed by atoms with E-state index >= 15 is 0 Å². The number of carbonyl (C=O) groups is 1. The zero-order valence-electron chi connectivity index (χ0n) is 16.1. The molecule has 3 rings (SSSR count). The van der Waals surface area contributed by atoms with Gasteiger partial charge in [0.1, 0.15) is 0 Å². The smallest absolute Gasteiger partial charge is 0.416 e. The molecule has 6 nitrogen and oxygen atoms in total. The molecular formula is C19H17F3N2O4S2. The second-order valence-corrected chi connectivity index (χ2v) is 9.19. The Morgan fingerprint density at radius 2 is 1.90 bits per heavy atom. The first-order valence-corrected chi connectivity index (χ1v) is 10.9. The van der Waals surface area contributed by atoms with Crippen LogP contribution in [-0.4, -0.2) is 33.0 Å². The standard InChI is InChI=1S/C19H17F3N2O4S2/c1-4-24(18-23-15-9-12(19(20,21)22)6-8-16(15)29-18)30(26,27)13-7-5-11(2)14(10-13)17(25)28-3/h5-10H,4H2,1-3H3. The highest BCUT2D eigenvalue weighted by Gasteiger charge is 2.32. The third-order valence-corrected chi connectivity index (χ3v) is 7.44. The van der Waals surface area contributed by atoms with E-state index in [1.165, 1.54) is 31.4 Å². The molecule has 0 fully saturated rings. The number of ether oxygens (including phenoxy) is 1. The highest BCUT2D eigenvalue weighted by molar-refractivity contribution is 7.93. The van der Waals surface area contributed by atoms with Crippen LogP contribution in [0, 0.1) is 6.92 Å². The van der Waals surface area contributed by atoms with Gasteiger partial charge >= 0.3 is 12.1 Å². The molecule has 0 radical (unpaired) electrons. The summed E-state index contributed by atoms with van der Waals surface area (Å²) < 4.78 is 71.4. The van der Waals surface area contributed by atoms with Crippen LogP contribution in [0.2, 0.25) is 0 Å². The summed E-state index contributed by atoms with van der Waals surface area (Å²) in [5.74, 6) is -0.674. The van der Waals surface area contributed by atoms with Crippen molar-refractivity contribution in [3.63, 3.8) is 0 Å². The number of aryl methyl sites for hydroxylation is 1. The summed E-state index contributed by atoms with van der Waals surface area (Å²) in [7, 11) is -2.93. The molecule has 0 amide bonds. The van der Waals surface area contributed by atoms with Crippen molar-refractivity contribution >= 4 is 42.7 Å². The molecule has 0 unspecified atom stereocenters. The van der Waals surface area contributed by atoms with Gasteiger partial charge in [0.15, 0.2) is 0 Å². The molecule has 0 N–H and O–H groups in total. The van der Waals surface area contributed by atoms with E-state index in [4.69, 9.17) is 0 Å². The Morgan fingerprint density at radius 3 is 2.50 bits per heavy atom. The zero-order valence-corrected chi connectivity index (χ0v) is 17.8. The number of esters is 1. The summed E-state index contributed by atoms with van der Waals surface area (Å²) in [6.07, 6.45) is -4.53. The minimum Gasteiger partial charge on any atom is -0.465 e.